The molecule has 0 aromatic carbocycles. The summed E-state index contributed by atoms with van der Waals surface area (Å²) in [4.78, 5) is 2.57. The van der Waals surface area contributed by atoms with Gasteiger partial charge in [-0.3, -0.25) is 0 Å². The molecule has 14 heavy (non-hydrogen) atoms. The predicted octanol–water partition coefficient (Wildman–Crippen LogP) is 0.443. The molecule has 0 unspecified atom stereocenters. The van der Waals surface area contributed by atoms with Crippen LogP contribution in [0.5, 0.6) is 0 Å². The Morgan fingerprint density at radius 1 is 1.07 bits per heavy atom. The first kappa shape index (κ1) is 10.4. The van der Waals surface area contributed by atoms with Gasteiger partial charge >= 0.3 is 0 Å². The third-order valence-corrected chi connectivity index (χ3v) is 3.54. The molecule has 1 heterocycles. The molecule has 2 aliphatic rings. The maximum atomic E-state index is 9.41. The number of hydrogen-bond acceptors (Lipinski definition) is 3. The topological polar surface area (TPSA) is 35.5 Å². The van der Waals surface area contributed by atoms with Gasteiger partial charge in [0, 0.05) is 32.7 Å². The fraction of sp³-hybridized carbons (Fsp3) is 1.00. The molecule has 0 aromatic rings. The van der Waals surface area contributed by atoms with E-state index in [1.807, 2.05) is 0 Å². The van der Waals surface area contributed by atoms with Crippen molar-refractivity contribution in [3.05, 3.63) is 0 Å². The molecular formula is C11H22N2O. The largest absolute Gasteiger partial charge is 0.393 e. The van der Waals surface area contributed by atoms with Crippen LogP contribution in [-0.4, -0.2) is 48.8 Å². The summed E-state index contributed by atoms with van der Waals surface area (Å²) in [5.41, 5.74) is 0. The van der Waals surface area contributed by atoms with Crippen LogP contribution in [0.25, 0.3) is 0 Å². The molecule has 2 N–H and O–H groups in total. The Bertz CT molecular complexity index is 161. The van der Waals surface area contributed by atoms with E-state index in [-0.39, 0.29) is 6.10 Å². The molecule has 0 amide bonds. The van der Waals surface area contributed by atoms with Crippen LogP contribution in [0.1, 0.15) is 25.7 Å². The molecule has 2 fully saturated rings. The van der Waals surface area contributed by atoms with Gasteiger partial charge in [0.2, 0.25) is 0 Å². The van der Waals surface area contributed by atoms with Gasteiger partial charge in [0.05, 0.1) is 6.10 Å². The average molecular weight is 198 g/mol. The summed E-state index contributed by atoms with van der Waals surface area (Å²) >= 11 is 0. The molecular weight excluding hydrogens is 176 g/mol. The summed E-state index contributed by atoms with van der Waals surface area (Å²) in [5, 5.41) is 12.8. The third-order valence-electron chi connectivity index (χ3n) is 3.54. The zero-order valence-corrected chi connectivity index (χ0v) is 8.91. The number of aliphatic hydroxyl groups excluding tert-OH is 1. The lowest BCUT2D eigenvalue weighted by Crippen LogP contribution is -2.45. The van der Waals surface area contributed by atoms with Crippen LogP contribution >= 0.6 is 0 Å². The molecule has 0 radical (unpaired) electrons. The lowest BCUT2D eigenvalue weighted by molar-refractivity contribution is 0.0913. The normalized spacial score (nSPS) is 35.8. The quantitative estimate of drug-likeness (QED) is 0.676. The van der Waals surface area contributed by atoms with Crippen molar-refractivity contribution in [2.24, 2.45) is 5.92 Å². The second kappa shape index (κ2) is 5.10. The number of aliphatic hydroxyl groups is 1. The lowest BCUT2D eigenvalue weighted by Gasteiger charge is -2.33. The summed E-state index contributed by atoms with van der Waals surface area (Å²) in [7, 11) is 0. The Labute approximate surface area is 86.5 Å². The number of nitrogens with zero attached hydrogens (tertiary/aromatic N) is 1. The van der Waals surface area contributed by atoms with Gasteiger partial charge in [0.1, 0.15) is 0 Å². The summed E-state index contributed by atoms with van der Waals surface area (Å²) in [5.74, 6) is 0.844. The van der Waals surface area contributed by atoms with Crippen molar-refractivity contribution in [3.63, 3.8) is 0 Å². The van der Waals surface area contributed by atoms with E-state index in [4.69, 9.17) is 0 Å². The minimum absolute atomic E-state index is 0.00530. The van der Waals surface area contributed by atoms with Crippen molar-refractivity contribution < 1.29 is 5.11 Å². The van der Waals surface area contributed by atoms with Crippen LogP contribution < -0.4 is 5.32 Å². The van der Waals surface area contributed by atoms with Crippen LogP contribution in [0.4, 0.5) is 0 Å². The van der Waals surface area contributed by atoms with Gasteiger partial charge in [-0.25, -0.2) is 0 Å². The molecule has 82 valence electrons. The highest BCUT2D eigenvalue weighted by atomic mass is 16.3. The van der Waals surface area contributed by atoms with Crippen molar-refractivity contribution in [2.75, 3.05) is 32.7 Å². The molecule has 2 rings (SSSR count). The fourth-order valence-electron chi connectivity index (χ4n) is 2.59. The number of nitrogens with one attached hydrogen (secondary N) is 1. The van der Waals surface area contributed by atoms with E-state index in [1.54, 1.807) is 0 Å². The van der Waals surface area contributed by atoms with Crippen LogP contribution in [0, 0.1) is 5.92 Å². The van der Waals surface area contributed by atoms with Gasteiger partial charge in [-0.15, -0.1) is 0 Å². The van der Waals surface area contributed by atoms with Gasteiger partial charge in [-0.1, -0.05) is 0 Å². The zero-order chi connectivity index (χ0) is 9.80. The molecule has 1 saturated heterocycles. The van der Waals surface area contributed by atoms with Crippen molar-refractivity contribution in [1.82, 2.24) is 10.2 Å². The molecule has 0 spiro atoms. The predicted molar refractivity (Wildman–Crippen MR) is 57.3 cm³/mol. The second-order valence-corrected chi connectivity index (χ2v) is 4.73. The fourth-order valence-corrected chi connectivity index (χ4v) is 2.59. The summed E-state index contributed by atoms with van der Waals surface area (Å²) in [6.45, 7) is 5.97. The average Bonchev–Trinajstić information content (AvgIpc) is 2.23. The van der Waals surface area contributed by atoms with Crippen LogP contribution in [-0.2, 0) is 0 Å². The molecule has 3 nitrogen and oxygen atoms in total. The van der Waals surface area contributed by atoms with E-state index in [0.717, 1.165) is 31.8 Å². The molecule has 1 saturated carbocycles. The van der Waals surface area contributed by atoms with Gasteiger partial charge in [-0.05, 0) is 31.6 Å². The zero-order valence-electron chi connectivity index (χ0n) is 8.91. The van der Waals surface area contributed by atoms with Crippen molar-refractivity contribution in [1.29, 1.82) is 0 Å². The van der Waals surface area contributed by atoms with Gasteiger partial charge in [0.15, 0.2) is 0 Å². The standard InChI is InChI=1S/C11H22N2O/c14-11-3-1-10(2-4-11)9-13-7-5-12-6-8-13/h10-12,14H,1-9H2. The summed E-state index contributed by atoms with van der Waals surface area (Å²) in [6, 6.07) is 0. The van der Waals surface area contributed by atoms with E-state index in [1.165, 1.54) is 32.5 Å². The van der Waals surface area contributed by atoms with E-state index in [2.05, 4.69) is 10.2 Å². The first-order valence-electron chi connectivity index (χ1n) is 5.96. The van der Waals surface area contributed by atoms with Crippen LogP contribution in [0.15, 0.2) is 0 Å². The number of piperazine rings is 1. The highest BCUT2D eigenvalue weighted by molar-refractivity contribution is 4.76. The van der Waals surface area contributed by atoms with E-state index < -0.39 is 0 Å². The maximum Gasteiger partial charge on any atom is 0.0540 e. The molecule has 0 aromatic heterocycles. The monoisotopic (exact) mass is 198 g/mol. The third kappa shape index (κ3) is 2.94. The van der Waals surface area contributed by atoms with E-state index in [0.29, 0.717) is 0 Å². The summed E-state index contributed by atoms with van der Waals surface area (Å²) in [6.07, 6.45) is 4.50. The minimum atomic E-state index is -0.00530. The SMILES string of the molecule is OC1CCC(CN2CCNCC2)CC1. The Kier molecular flexibility index (Phi) is 3.79. The Balaban J connectivity index is 1.68. The highest BCUT2D eigenvalue weighted by Gasteiger charge is 2.21. The Morgan fingerprint density at radius 2 is 1.71 bits per heavy atom. The first-order chi connectivity index (χ1) is 6.84. The van der Waals surface area contributed by atoms with Crippen molar-refractivity contribution in [2.45, 2.75) is 31.8 Å². The maximum absolute atomic E-state index is 9.41. The number of rotatable bonds is 2. The molecule has 1 aliphatic heterocycles. The minimum Gasteiger partial charge on any atom is -0.393 e. The Morgan fingerprint density at radius 3 is 2.36 bits per heavy atom. The molecule has 3 heteroatoms. The van der Waals surface area contributed by atoms with Crippen molar-refractivity contribution >= 4 is 0 Å². The van der Waals surface area contributed by atoms with Crippen LogP contribution in [0.2, 0.25) is 0 Å². The van der Waals surface area contributed by atoms with Crippen LogP contribution in [0.3, 0.4) is 0 Å². The second-order valence-electron chi connectivity index (χ2n) is 4.73. The van der Waals surface area contributed by atoms with Crippen molar-refractivity contribution in [3.8, 4) is 0 Å². The molecule has 0 atom stereocenters. The lowest BCUT2D eigenvalue weighted by atomic mass is 9.87. The van der Waals surface area contributed by atoms with Gasteiger partial charge in [0.25, 0.3) is 0 Å². The highest BCUT2D eigenvalue weighted by Crippen LogP contribution is 2.24. The number of hydrogen-bond donors (Lipinski definition) is 2. The van der Waals surface area contributed by atoms with Gasteiger partial charge < -0.3 is 15.3 Å². The first-order valence-corrected chi connectivity index (χ1v) is 5.96. The Hall–Kier alpha value is -0.120. The molecule has 0 bridgehead atoms. The van der Waals surface area contributed by atoms with Gasteiger partial charge in [-0.2, -0.15) is 0 Å². The van der Waals surface area contributed by atoms with E-state index >= 15 is 0 Å². The summed E-state index contributed by atoms with van der Waals surface area (Å²) < 4.78 is 0. The molecule has 1 aliphatic carbocycles. The smallest absolute Gasteiger partial charge is 0.0540 e. The van der Waals surface area contributed by atoms with E-state index in [9.17, 15) is 5.11 Å².